The summed E-state index contributed by atoms with van der Waals surface area (Å²) >= 11 is 0. The van der Waals surface area contributed by atoms with Crippen LogP contribution in [-0.2, 0) is 0 Å². The first kappa shape index (κ1) is 20.2. The Labute approximate surface area is 169 Å². The van der Waals surface area contributed by atoms with Gasteiger partial charge in [0.05, 0.1) is 17.1 Å². The van der Waals surface area contributed by atoms with Crippen LogP contribution >= 0.6 is 0 Å². The molecule has 0 bridgehead atoms. The number of aromatic nitrogens is 3. The third kappa shape index (κ3) is 5.46. The van der Waals surface area contributed by atoms with Crippen LogP contribution in [0.3, 0.4) is 0 Å². The summed E-state index contributed by atoms with van der Waals surface area (Å²) in [6, 6.07) is 13.6. The fourth-order valence-corrected chi connectivity index (χ4v) is 2.71. The zero-order chi connectivity index (χ0) is 20.6. The standard InChI is InChI=1S/C21H22FN7/c1-29(2)12-6-11-25-21-27-19(18-8-3-4-10-24-18)13-20(28-21)26-17-9-5-7-16(22)15(17)14-23/h3-5,7-10,13H,6,11-12H2,1-2H3,(H2,25,26,27,28). The van der Waals surface area contributed by atoms with Crippen molar-refractivity contribution in [3.05, 3.63) is 60.0 Å². The van der Waals surface area contributed by atoms with Crippen LogP contribution in [0.15, 0.2) is 48.7 Å². The molecule has 2 heterocycles. The van der Waals surface area contributed by atoms with Gasteiger partial charge in [0.25, 0.3) is 0 Å². The number of anilines is 3. The van der Waals surface area contributed by atoms with Crippen molar-refractivity contribution in [1.29, 1.82) is 5.26 Å². The number of rotatable bonds is 8. The highest BCUT2D eigenvalue weighted by Crippen LogP contribution is 2.25. The summed E-state index contributed by atoms with van der Waals surface area (Å²) in [5.41, 5.74) is 1.59. The van der Waals surface area contributed by atoms with E-state index in [2.05, 4.69) is 30.5 Å². The van der Waals surface area contributed by atoms with Gasteiger partial charge in [-0.1, -0.05) is 12.1 Å². The third-order valence-corrected chi connectivity index (χ3v) is 4.11. The van der Waals surface area contributed by atoms with Crippen molar-refractivity contribution >= 4 is 17.5 Å². The maximum absolute atomic E-state index is 13.9. The average Bonchev–Trinajstić information content (AvgIpc) is 2.72. The van der Waals surface area contributed by atoms with Crippen molar-refractivity contribution in [1.82, 2.24) is 19.9 Å². The molecule has 0 aliphatic carbocycles. The first-order chi connectivity index (χ1) is 14.1. The van der Waals surface area contributed by atoms with Crippen molar-refractivity contribution in [2.24, 2.45) is 0 Å². The van der Waals surface area contributed by atoms with E-state index in [1.54, 1.807) is 24.4 Å². The zero-order valence-electron chi connectivity index (χ0n) is 16.4. The molecule has 0 atom stereocenters. The number of nitrogens with zero attached hydrogens (tertiary/aromatic N) is 5. The highest BCUT2D eigenvalue weighted by atomic mass is 19.1. The van der Waals surface area contributed by atoms with Crippen molar-refractivity contribution in [2.75, 3.05) is 37.8 Å². The van der Waals surface area contributed by atoms with Crippen LogP contribution in [0.5, 0.6) is 0 Å². The predicted molar refractivity (Wildman–Crippen MR) is 111 cm³/mol. The van der Waals surface area contributed by atoms with Crippen LogP contribution in [0, 0.1) is 17.1 Å². The van der Waals surface area contributed by atoms with E-state index in [9.17, 15) is 9.65 Å². The summed E-state index contributed by atoms with van der Waals surface area (Å²) in [5, 5.41) is 15.5. The maximum Gasteiger partial charge on any atom is 0.225 e. The molecule has 0 unspecified atom stereocenters. The Hall–Kier alpha value is -3.57. The third-order valence-electron chi connectivity index (χ3n) is 4.11. The fraction of sp³-hybridized carbons (Fsp3) is 0.238. The van der Waals surface area contributed by atoms with Gasteiger partial charge in [0.15, 0.2) is 0 Å². The van der Waals surface area contributed by atoms with Crippen molar-refractivity contribution < 1.29 is 4.39 Å². The van der Waals surface area contributed by atoms with Crippen LogP contribution in [-0.4, -0.2) is 47.0 Å². The van der Waals surface area contributed by atoms with Crippen molar-refractivity contribution in [3.63, 3.8) is 0 Å². The van der Waals surface area contributed by atoms with Gasteiger partial charge in [0.1, 0.15) is 23.3 Å². The van der Waals surface area contributed by atoms with Gasteiger partial charge in [-0.05, 0) is 51.3 Å². The van der Waals surface area contributed by atoms with Gasteiger partial charge in [-0.3, -0.25) is 4.98 Å². The van der Waals surface area contributed by atoms with Crippen molar-refractivity contribution in [2.45, 2.75) is 6.42 Å². The first-order valence-corrected chi connectivity index (χ1v) is 9.21. The number of halogens is 1. The number of benzene rings is 1. The monoisotopic (exact) mass is 391 g/mol. The highest BCUT2D eigenvalue weighted by molar-refractivity contribution is 5.68. The fourth-order valence-electron chi connectivity index (χ4n) is 2.71. The lowest BCUT2D eigenvalue weighted by molar-refractivity contribution is 0.405. The summed E-state index contributed by atoms with van der Waals surface area (Å²) in [6.07, 6.45) is 2.62. The minimum Gasteiger partial charge on any atom is -0.354 e. The summed E-state index contributed by atoms with van der Waals surface area (Å²) in [7, 11) is 4.04. The van der Waals surface area contributed by atoms with Crippen LogP contribution in [0.1, 0.15) is 12.0 Å². The van der Waals surface area contributed by atoms with E-state index in [0.717, 1.165) is 13.0 Å². The number of hydrogen-bond acceptors (Lipinski definition) is 7. The molecule has 148 valence electrons. The second-order valence-corrected chi connectivity index (χ2v) is 6.66. The lowest BCUT2D eigenvalue weighted by atomic mass is 10.2. The van der Waals surface area contributed by atoms with Gasteiger partial charge in [-0.15, -0.1) is 0 Å². The second-order valence-electron chi connectivity index (χ2n) is 6.66. The molecule has 0 saturated carbocycles. The van der Waals surface area contributed by atoms with Gasteiger partial charge < -0.3 is 15.5 Å². The summed E-state index contributed by atoms with van der Waals surface area (Å²) < 4.78 is 13.9. The van der Waals surface area contributed by atoms with Crippen LogP contribution < -0.4 is 10.6 Å². The Morgan fingerprint density at radius 2 is 1.97 bits per heavy atom. The van der Waals surface area contributed by atoms with E-state index in [0.29, 0.717) is 35.4 Å². The SMILES string of the molecule is CN(C)CCCNc1nc(Nc2cccc(F)c2C#N)cc(-c2ccccn2)n1. The topological polar surface area (TPSA) is 89.8 Å². The van der Waals surface area contributed by atoms with Crippen LogP contribution in [0.2, 0.25) is 0 Å². The Kier molecular flexibility index (Phi) is 6.66. The summed E-state index contributed by atoms with van der Waals surface area (Å²) in [5.74, 6) is 0.292. The Bertz CT molecular complexity index is 1000. The first-order valence-electron chi connectivity index (χ1n) is 9.21. The molecule has 2 aromatic heterocycles. The molecule has 3 rings (SSSR count). The van der Waals surface area contributed by atoms with E-state index in [-0.39, 0.29) is 5.56 Å². The molecule has 0 amide bonds. The van der Waals surface area contributed by atoms with E-state index in [1.165, 1.54) is 6.07 Å². The van der Waals surface area contributed by atoms with Gasteiger partial charge in [0.2, 0.25) is 5.95 Å². The molecule has 8 heteroatoms. The zero-order valence-corrected chi connectivity index (χ0v) is 16.4. The quantitative estimate of drug-likeness (QED) is 0.567. The lowest BCUT2D eigenvalue weighted by Crippen LogP contribution is -2.17. The Morgan fingerprint density at radius 3 is 2.69 bits per heavy atom. The van der Waals surface area contributed by atoms with Crippen molar-refractivity contribution in [3.8, 4) is 17.5 Å². The Morgan fingerprint density at radius 1 is 1.10 bits per heavy atom. The molecule has 0 aliphatic heterocycles. The molecular formula is C21H22FN7. The lowest BCUT2D eigenvalue weighted by Gasteiger charge is -2.13. The van der Waals surface area contributed by atoms with Crippen LogP contribution in [0.25, 0.3) is 11.4 Å². The molecule has 29 heavy (non-hydrogen) atoms. The van der Waals surface area contributed by atoms with E-state index in [4.69, 9.17) is 0 Å². The van der Waals surface area contributed by atoms with Gasteiger partial charge >= 0.3 is 0 Å². The number of hydrogen-bond donors (Lipinski definition) is 2. The smallest absolute Gasteiger partial charge is 0.225 e. The highest BCUT2D eigenvalue weighted by Gasteiger charge is 2.12. The van der Waals surface area contributed by atoms with Gasteiger partial charge in [-0.2, -0.15) is 10.2 Å². The van der Waals surface area contributed by atoms with E-state index >= 15 is 0 Å². The normalized spacial score (nSPS) is 10.6. The number of nitriles is 1. The minimum absolute atomic E-state index is 0.0639. The molecule has 3 aromatic rings. The minimum atomic E-state index is -0.585. The maximum atomic E-state index is 13.9. The molecule has 0 fully saturated rings. The van der Waals surface area contributed by atoms with E-state index in [1.807, 2.05) is 38.4 Å². The molecule has 1 aromatic carbocycles. The molecule has 0 aliphatic rings. The van der Waals surface area contributed by atoms with Gasteiger partial charge in [0, 0.05) is 18.8 Å². The molecule has 2 N–H and O–H groups in total. The number of nitrogens with one attached hydrogen (secondary N) is 2. The molecule has 7 nitrogen and oxygen atoms in total. The average molecular weight is 391 g/mol. The Balaban J connectivity index is 1.90. The molecular weight excluding hydrogens is 369 g/mol. The largest absolute Gasteiger partial charge is 0.354 e. The summed E-state index contributed by atoms with van der Waals surface area (Å²) in [6.45, 7) is 1.64. The number of pyridine rings is 1. The second kappa shape index (κ2) is 9.57. The van der Waals surface area contributed by atoms with Crippen LogP contribution in [0.4, 0.5) is 21.8 Å². The molecule has 0 spiro atoms. The predicted octanol–water partition coefficient (Wildman–Crippen LogP) is 3.66. The molecule has 0 saturated heterocycles. The summed E-state index contributed by atoms with van der Waals surface area (Å²) in [4.78, 5) is 15.5. The molecule has 0 radical (unpaired) electrons. The van der Waals surface area contributed by atoms with Gasteiger partial charge in [-0.25, -0.2) is 9.37 Å². The van der Waals surface area contributed by atoms with E-state index < -0.39 is 5.82 Å².